The van der Waals surface area contributed by atoms with Crippen LogP contribution in [0.4, 0.5) is 0 Å². The summed E-state index contributed by atoms with van der Waals surface area (Å²) in [7, 11) is 0. The maximum atomic E-state index is 12.0. The highest BCUT2D eigenvalue weighted by Gasteiger charge is 2.50. The molecule has 0 spiro atoms. The smallest absolute Gasteiger partial charge is 0.335 e. The Morgan fingerprint density at radius 2 is 1.80 bits per heavy atom. The first-order valence-electron chi connectivity index (χ1n) is 9.05. The highest BCUT2D eigenvalue weighted by atomic mass is 16.4. The summed E-state index contributed by atoms with van der Waals surface area (Å²) in [5, 5.41) is 21.6. The van der Waals surface area contributed by atoms with Crippen LogP contribution in [0.5, 0.6) is 0 Å². The van der Waals surface area contributed by atoms with Crippen molar-refractivity contribution in [3.63, 3.8) is 0 Å². The first-order chi connectivity index (χ1) is 11.6. The molecule has 0 bridgehead atoms. The van der Waals surface area contributed by atoms with Crippen molar-refractivity contribution in [1.82, 2.24) is 0 Å². The molecule has 25 heavy (non-hydrogen) atoms. The summed E-state index contributed by atoms with van der Waals surface area (Å²) in [6.45, 7) is 12.2. The van der Waals surface area contributed by atoms with Gasteiger partial charge < -0.3 is 10.2 Å². The van der Waals surface area contributed by atoms with E-state index in [9.17, 15) is 15.0 Å². The monoisotopic (exact) mass is 342 g/mol. The zero-order chi connectivity index (χ0) is 19.0. The van der Waals surface area contributed by atoms with Gasteiger partial charge in [0.25, 0.3) is 0 Å². The number of aliphatic hydroxyl groups is 1. The van der Waals surface area contributed by atoms with Crippen LogP contribution in [0, 0.1) is 17.3 Å². The van der Waals surface area contributed by atoms with Crippen molar-refractivity contribution in [1.29, 1.82) is 0 Å². The highest BCUT2D eigenvalue weighted by Crippen LogP contribution is 2.52. The Labute approximate surface area is 151 Å². The number of hydrogen-bond acceptors (Lipinski definition) is 2. The van der Waals surface area contributed by atoms with Crippen molar-refractivity contribution >= 4 is 11.5 Å². The molecule has 1 aliphatic carbocycles. The average Bonchev–Trinajstić information content (AvgIpc) is 2.57. The zero-order valence-corrected chi connectivity index (χ0v) is 16.1. The summed E-state index contributed by atoms with van der Waals surface area (Å²) < 4.78 is 0. The second kappa shape index (κ2) is 6.80. The Balaban J connectivity index is 2.84. The largest absolute Gasteiger partial charge is 0.478 e. The molecule has 0 saturated carbocycles. The minimum absolute atomic E-state index is 0.0337. The number of carbonyl (C=O) groups is 1. The molecule has 0 aromatic heterocycles. The summed E-state index contributed by atoms with van der Waals surface area (Å²) in [4.78, 5) is 12.0. The van der Waals surface area contributed by atoms with Gasteiger partial charge in [0.15, 0.2) is 0 Å². The van der Waals surface area contributed by atoms with Gasteiger partial charge in [-0.05, 0) is 40.5 Å². The second-order valence-corrected chi connectivity index (χ2v) is 8.00. The molecule has 0 fully saturated rings. The van der Waals surface area contributed by atoms with Crippen molar-refractivity contribution < 1.29 is 15.0 Å². The minimum atomic E-state index is -1.08. The third kappa shape index (κ3) is 3.18. The summed E-state index contributed by atoms with van der Waals surface area (Å²) in [5.41, 5.74) is 1.32. The van der Waals surface area contributed by atoms with E-state index in [1.807, 2.05) is 51.1 Å². The summed E-state index contributed by atoms with van der Waals surface area (Å²) >= 11 is 0. The Kier molecular flexibility index (Phi) is 5.29. The van der Waals surface area contributed by atoms with Gasteiger partial charge in [-0.2, -0.15) is 0 Å². The lowest BCUT2D eigenvalue weighted by Crippen LogP contribution is -2.50. The molecular formula is C22H30O3. The molecule has 3 heteroatoms. The lowest BCUT2D eigenvalue weighted by Gasteiger charge is -2.49. The van der Waals surface area contributed by atoms with E-state index in [1.165, 1.54) is 0 Å². The van der Waals surface area contributed by atoms with Crippen molar-refractivity contribution in [2.45, 2.75) is 53.6 Å². The van der Waals surface area contributed by atoms with E-state index in [4.69, 9.17) is 0 Å². The van der Waals surface area contributed by atoms with Crippen molar-refractivity contribution in [2.24, 2.45) is 17.3 Å². The average molecular weight is 342 g/mol. The van der Waals surface area contributed by atoms with Crippen molar-refractivity contribution in [3.8, 4) is 0 Å². The van der Waals surface area contributed by atoms with Gasteiger partial charge in [-0.3, -0.25) is 0 Å². The van der Waals surface area contributed by atoms with Crippen LogP contribution in [0.1, 0.15) is 53.5 Å². The molecule has 136 valence electrons. The van der Waals surface area contributed by atoms with E-state index in [0.29, 0.717) is 11.1 Å². The Bertz CT molecular complexity index is 710. The first kappa shape index (κ1) is 19.5. The van der Waals surface area contributed by atoms with Gasteiger partial charge in [-0.15, -0.1) is 0 Å². The normalized spacial score (nSPS) is 24.5. The molecule has 2 rings (SSSR count). The maximum Gasteiger partial charge on any atom is 0.335 e. The van der Waals surface area contributed by atoms with Gasteiger partial charge in [0, 0.05) is 5.92 Å². The van der Waals surface area contributed by atoms with E-state index >= 15 is 0 Å². The zero-order valence-electron chi connectivity index (χ0n) is 16.1. The fraction of sp³-hybridized carbons (Fsp3) is 0.500. The predicted molar refractivity (Wildman–Crippen MR) is 102 cm³/mol. The van der Waals surface area contributed by atoms with Crippen molar-refractivity contribution in [2.75, 3.05) is 0 Å². The number of carboxylic acids is 1. The summed E-state index contributed by atoms with van der Waals surface area (Å²) in [6, 6.07) is 9.54. The molecule has 1 aromatic carbocycles. The van der Waals surface area contributed by atoms with Gasteiger partial charge in [-0.1, -0.05) is 71.9 Å². The first-order valence-corrected chi connectivity index (χ1v) is 9.05. The lowest BCUT2D eigenvalue weighted by molar-refractivity contribution is -0.132. The summed E-state index contributed by atoms with van der Waals surface area (Å²) in [5.74, 6) is -1.29. The quantitative estimate of drug-likeness (QED) is 0.798. The SMILES string of the molecule is CCC(C)(C)C1=CC(C(=O)O)=C(c2ccccc2)C(C)C1(O)C(C)C. The summed E-state index contributed by atoms with van der Waals surface area (Å²) in [6.07, 6.45) is 2.56. The second-order valence-electron chi connectivity index (χ2n) is 8.00. The molecule has 1 aromatic rings. The van der Waals surface area contributed by atoms with Crippen LogP contribution in [-0.2, 0) is 4.79 Å². The number of carboxylic acid groups (broad SMARTS) is 1. The van der Waals surface area contributed by atoms with Crippen LogP contribution < -0.4 is 0 Å². The predicted octanol–water partition coefficient (Wildman–Crippen LogP) is 4.92. The van der Waals surface area contributed by atoms with Crippen LogP contribution in [0.25, 0.3) is 5.57 Å². The Hall–Kier alpha value is -1.87. The highest BCUT2D eigenvalue weighted by molar-refractivity contribution is 6.01. The van der Waals surface area contributed by atoms with Crippen molar-refractivity contribution in [3.05, 3.63) is 53.1 Å². The molecule has 1 aliphatic rings. The Morgan fingerprint density at radius 3 is 2.24 bits per heavy atom. The Morgan fingerprint density at radius 1 is 1.24 bits per heavy atom. The molecule has 2 unspecified atom stereocenters. The van der Waals surface area contributed by atoms with Gasteiger partial charge in [0.05, 0.1) is 11.2 Å². The molecule has 2 N–H and O–H groups in total. The van der Waals surface area contributed by atoms with E-state index in [1.54, 1.807) is 6.08 Å². The van der Waals surface area contributed by atoms with E-state index in [2.05, 4.69) is 20.8 Å². The van der Waals surface area contributed by atoms with Crippen LogP contribution >= 0.6 is 0 Å². The molecule has 0 saturated heterocycles. The third-order valence-electron chi connectivity index (χ3n) is 5.91. The van der Waals surface area contributed by atoms with E-state index in [-0.39, 0.29) is 17.3 Å². The molecule has 0 amide bonds. The number of rotatable bonds is 5. The van der Waals surface area contributed by atoms with Crippen LogP contribution in [0.15, 0.2) is 47.6 Å². The number of aliphatic carboxylic acids is 1. The van der Waals surface area contributed by atoms with Gasteiger partial charge in [0.1, 0.15) is 0 Å². The molecule has 0 aliphatic heterocycles. The lowest BCUT2D eigenvalue weighted by atomic mass is 9.59. The van der Waals surface area contributed by atoms with Crippen LogP contribution in [0.3, 0.4) is 0 Å². The fourth-order valence-corrected chi connectivity index (χ4v) is 3.96. The van der Waals surface area contributed by atoms with E-state index in [0.717, 1.165) is 17.6 Å². The number of benzene rings is 1. The molecule has 0 radical (unpaired) electrons. The minimum Gasteiger partial charge on any atom is -0.478 e. The van der Waals surface area contributed by atoms with Gasteiger partial charge in [0.2, 0.25) is 0 Å². The molecular weight excluding hydrogens is 312 g/mol. The fourth-order valence-electron chi connectivity index (χ4n) is 3.96. The number of hydrogen-bond donors (Lipinski definition) is 2. The standard InChI is InChI=1S/C22H30O3/c1-7-21(5,6)18-13-17(20(23)24)19(16-11-9-8-10-12-16)15(4)22(18,25)14(2)3/h8-15,25H,7H2,1-6H3,(H,23,24). The molecule has 0 heterocycles. The topological polar surface area (TPSA) is 57.5 Å². The van der Waals surface area contributed by atoms with Gasteiger partial charge >= 0.3 is 5.97 Å². The van der Waals surface area contributed by atoms with Crippen LogP contribution in [0.2, 0.25) is 0 Å². The van der Waals surface area contributed by atoms with Gasteiger partial charge in [-0.25, -0.2) is 4.79 Å². The third-order valence-corrected chi connectivity index (χ3v) is 5.91. The maximum absolute atomic E-state index is 12.0. The van der Waals surface area contributed by atoms with E-state index < -0.39 is 11.6 Å². The molecule has 2 atom stereocenters. The molecule has 3 nitrogen and oxygen atoms in total. The van der Waals surface area contributed by atoms with Crippen LogP contribution in [-0.4, -0.2) is 21.8 Å².